The molecule has 2 fully saturated rings. The van der Waals surface area contributed by atoms with Gasteiger partial charge < -0.3 is 25.1 Å². The predicted molar refractivity (Wildman–Crippen MR) is 154 cm³/mol. The molecule has 0 aliphatic carbocycles. The lowest BCUT2D eigenvalue weighted by atomic mass is 9.62. The highest BCUT2D eigenvalue weighted by atomic mass is 16.7. The average Bonchev–Trinajstić information content (AvgIpc) is 2.87. The molecule has 0 aromatic carbocycles. The number of aliphatic hydroxyl groups is 1. The molecule has 5 heteroatoms. The van der Waals surface area contributed by atoms with Crippen molar-refractivity contribution < 1.29 is 19.3 Å². The van der Waals surface area contributed by atoms with Crippen LogP contribution in [0.15, 0.2) is 12.2 Å². The molecule has 0 saturated carbocycles. The van der Waals surface area contributed by atoms with E-state index in [1.54, 1.807) is 6.08 Å². The van der Waals surface area contributed by atoms with Gasteiger partial charge in [-0.05, 0) is 67.6 Å². The van der Waals surface area contributed by atoms with Gasteiger partial charge in [0.25, 0.3) is 0 Å². The van der Waals surface area contributed by atoms with Gasteiger partial charge in [-0.1, -0.05) is 87.8 Å². The minimum Gasteiger partial charge on any atom is -0.387 e. The van der Waals surface area contributed by atoms with Crippen molar-refractivity contribution in [3.63, 3.8) is 0 Å². The Labute approximate surface area is 229 Å². The third-order valence-corrected chi connectivity index (χ3v) is 10.6. The second-order valence-corrected chi connectivity index (χ2v) is 13.0. The molecule has 0 spiro atoms. The summed E-state index contributed by atoms with van der Waals surface area (Å²) < 4.78 is 20.0. The first-order chi connectivity index (χ1) is 17.3. The SMILES string of the molecule is CC/C=C/C(O)C(N)COC1OC(CC)C(C)C(C(C)C2(C)CC(C)C(C)C(C(C)C(C)CC)O2)C1C. The first-order valence-corrected chi connectivity index (χ1v) is 15.4. The summed E-state index contributed by atoms with van der Waals surface area (Å²) >= 11 is 0. The van der Waals surface area contributed by atoms with E-state index in [9.17, 15) is 5.11 Å². The lowest BCUT2D eigenvalue weighted by Gasteiger charge is -2.56. The molecule has 2 aliphatic rings. The summed E-state index contributed by atoms with van der Waals surface area (Å²) in [5.41, 5.74) is 6.06. The quantitative estimate of drug-likeness (QED) is 0.275. The molecule has 0 amide bonds. The van der Waals surface area contributed by atoms with Gasteiger partial charge >= 0.3 is 0 Å². The number of ether oxygens (including phenoxy) is 3. The number of nitrogens with two attached hydrogens (primary N) is 1. The molecule has 14 unspecified atom stereocenters. The fraction of sp³-hybridized carbons (Fsp3) is 0.938. The second-order valence-electron chi connectivity index (χ2n) is 13.0. The predicted octanol–water partition coefficient (Wildman–Crippen LogP) is 6.82. The van der Waals surface area contributed by atoms with Crippen molar-refractivity contribution in [3.8, 4) is 0 Å². The lowest BCUT2D eigenvalue weighted by molar-refractivity contribution is -0.277. The molecule has 0 aromatic heterocycles. The van der Waals surface area contributed by atoms with Crippen molar-refractivity contribution in [2.24, 2.45) is 53.1 Å². The minimum absolute atomic E-state index is 0.133. The Morgan fingerprint density at radius 2 is 1.70 bits per heavy atom. The highest BCUT2D eigenvalue weighted by molar-refractivity contribution is 5.00. The van der Waals surface area contributed by atoms with Crippen molar-refractivity contribution in [3.05, 3.63) is 12.2 Å². The van der Waals surface area contributed by atoms with Crippen molar-refractivity contribution >= 4 is 0 Å². The smallest absolute Gasteiger partial charge is 0.160 e. The summed E-state index contributed by atoms with van der Waals surface area (Å²) in [6, 6.07) is -0.474. The van der Waals surface area contributed by atoms with Crippen LogP contribution in [-0.2, 0) is 14.2 Å². The van der Waals surface area contributed by atoms with E-state index in [1.165, 1.54) is 6.42 Å². The van der Waals surface area contributed by atoms with Gasteiger partial charge in [-0.2, -0.15) is 0 Å². The Bertz CT molecular complexity index is 700. The molecule has 218 valence electrons. The van der Waals surface area contributed by atoms with Crippen LogP contribution in [0.1, 0.15) is 102 Å². The van der Waals surface area contributed by atoms with Crippen LogP contribution in [0.2, 0.25) is 0 Å². The van der Waals surface area contributed by atoms with Crippen molar-refractivity contribution in [1.82, 2.24) is 0 Å². The average molecular weight is 524 g/mol. The van der Waals surface area contributed by atoms with Crippen LogP contribution in [0.4, 0.5) is 0 Å². The summed E-state index contributed by atoms with van der Waals surface area (Å²) in [5, 5.41) is 10.4. The summed E-state index contributed by atoms with van der Waals surface area (Å²) in [4.78, 5) is 0. The molecular formula is C32H61NO4. The zero-order chi connectivity index (χ0) is 28.1. The maximum atomic E-state index is 10.4. The highest BCUT2D eigenvalue weighted by Gasteiger charge is 2.53. The molecule has 37 heavy (non-hydrogen) atoms. The van der Waals surface area contributed by atoms with Crippen molar-refractivity contribution in [1.29, 1.82) is 0 Å². The third-order valence-electron chi connectivity index (χ3n) is 10.6. The standard InChI is InChI=1S/C32H61NO4/c1-12-15-16-27(34)26(33)18-35-31-24(9)29(23(8)28(14-3)36-31)25(10)32(11)17-20(5)22(7)30(37-32)21(6)19(4)13-2/h15-16,19-31,34H,12-14,17-18,33H2,1-11H3/b16-15+. The molecule has 2 aliphatic heterocycles. The van der Waals surface area contributed by atoms with Crippen LogP contribution in [0.25, 0.3) is 0 Å². The Kier molecular flexibility index (Phi) is 12.6. The Morgan fingerprint density at radius 3 is 2.27 bits per heavy atom. The third kappa shape index (κ3) is 7.60. The zero-order valence-corrected chi connectivity index (χ0v) is 25.9. The number of aliphatic hydroxyl groups excluding tert-OH is 1. The summed E-state index contributed by atoms with van der Waals surface area (Å²) in [6.07, 6.45) is 7.16. The molecule has 0 aromatic rings. The molecule has 2 rings (SSSR count). The Hall–Kier alpha value is -0.460. The van der Waals surface area contributed by atoms with Crippen LogP contribution in [-0.4, -0.2) is 48.0 Å². The van der Waals surface area contributed by atoms with Gasteiger partial charge in [-0.3, -0.25) is 0 Å². The van der Waals surface area contributed by atoms with E-state index in [0.717, 1.165) is 19.3 Å². The molecule has 2 heterocycles. The van der Waals surface area contributed by atoms with Crippen LogP contribution >= 0.6 is 0 Å². The number of hydrogen-bond acceptors (Lipinski definition) is 5. The molecule has 0 bridgehead atoms. The van der Waals surface area contributed by atoms with E-state index < -0.39 is 12.1 Å². The van der Waals surface area contributed by atoms with Crippen LogP contribution in [0, 0.1) is 47.3 Å². The Balaban J connectivity index is 2.25. The number of allylic oxidation sites excluding steroid dienone is 1. The fourth-order valence-electron chi connectivity index (χ4n) is 7.22. The summed E-state index contributed by atoms with van der Waals surface area (Å²) in [7, 11) is 0. The van der Waals surface area contributed by atoms with Gasteiger partial charge in [0.1, 0.15) is 0 Å². The van der Waals surface area contributed by atoms with Crippen LogP contribution < -0.4 is 5.73 Å². The number of hydrogen-bond donors (Lipinski definition) is 2. The van der Waals surface area contributed by atoms with Gasteiger partial charge in [0.2, 0.25) is 0 Å². The molecule has 5 nitrogen and oxygen atoms in total. The van der Waals surface area contributed by atoms with Crippen molar-refractivity contribution in [2.45, 2.75) is 138 Å². The van der Waals surface area contributed by atoms with E-state index >= 15 is 0 Å². The van der Waals surface area contributed by atoms with E-state index in [0.29, 0.717) is 41.4 Å². The largest absolute Gasteiger partial charge is 0.387 e. The van der Waals surface area contributed by atoms with E-state index in [2.05, 4.69) is 69.2 Å². The maximum absolute atomic E-state index is 10.4. The normalized spacial score (nSPS) is 41.3. The van der Waals surface area contributed by atoms with Gasteiger partial charge in [0.05, 0.1) is 36.6 Å². The van der Waals surface area contributed by atoms with Crippen molar-refractivity contribution in [2.75, 3.05) is 6.61 Å². The molecule has 3 N–H and O–H groups in total. The van der Waals surface area contributed by atoms with Gasteiger partial charge in [-0.15, -0.1) is 0 Å². The summed E-state index contributed by atoms with van der Waals surface area (Å²) in [6.45, 7) is 25.8. The minimum atomic E-state index is -0.711. The molecule has 0 radical (unpaired) electrons. The first-order valence-electron chi connectivity index (χ1n) is 15.4. The topological polar surface area (TPSA) is 73.9 Å². The Morgan fingerprint density at radius 1 is 1.05 bits per heavy atom. The molecule has 2 saturated heterocycles. The lowest BCUT2D eigenvalue weighted by Crippen LogP contribution is -2.58. The maximum Gasteiger partial charge on any atom is 0.160 e. The van der Waals surface area contributed by atoms with Gasteiger partial charge in [0, 0.05) is 5.92 Å². The fourth-order valence-corrected chi connectivity index (χ4v) is 7.22. The van der Waals surface area contributed by atoms with Gasteiger partial charge in [0.15, 0.2) is 6.29 Å². The van der Waals surface area contributed by atoms with E-state index in [1.807, 2.05) is 13.0 Å². The van der Waals surface area contributed by atoms with E-state index in [4.69, 9.17) is 19.9 Å². The monoisotopic (exact) mass is 523 g/mol. The van der Waals surface area contributed by atoms with Crippen LogP contribution in [0.3, 0.4) is 0 Å². The van der Waals surface area contributed by atoms with Gasteiger partial charge in [-0.25, -0.2) is 0 Å². The zero-order valence-electron chi connectivity index (χ0n) is 25.9. The molecular weight excluding hydrogens is 462 g/mol. The number of rotatable bonds is 12. The summed E-state index contributed by atoms with van der Waals surface area (Å²) in [5.74, 6) is 3.71. The first kappa shape index (κ1) is 32.8. The highest BCUT2D eigenvalue weighted by Crippen LogP contribution is 2.51. The van der Waals surface area contributed by atoms with E-state index in [-0.39, 0.29) is 36.6 Å². The second kappa shape index (κ2) is 14.3. The molecule has 14 atom stereocenters. The van der Waals surface area contributed by atoms with Crippen LogP contribution in [0.5, 0.6) is 0 Å².